The molecule has 30 heavy (non-hydrogen) atoms. The number of hydrogen-bond donors (Lipinski definition) is 2. The summed E-state index contributed by atoms with van der Waals surface area (Å²) in [7, 11) is 0. The van der Waals surface area contributed by atoms with Gasteiger partial charge in [-0.3, -0.25) is 4.79 Å². The average molecular weight is 418 g/mol. The van der Waals surface area contributed by atoms with Crippen LogP contribution in [0.2, 0.25) is 0 Å². The number of amides is 1. The van der Waals surface area contributed by atoms with E-state index in [0.717, 1.165) is 30.2 Å². The maximum Gasteiger partial charge on any atom is 0.336 e. The molecule has 0 bridgehead atoms. The van der Waals surface area contributed by atoms with Crippen molar-refractivity contribution in [3.05, 3.63) is 39.7 Å². The van der Waals surface area contributed by atoms with Gasteiger partial charge in [-0.05, 0) is 50.3 Å². The van der Waals surface area contributed by atoms with Gasteiger partial charge in [0.15, 0.2) is 6.10 Å². The van der Waals surface area contributed by atoms with E-state index in [4.69, 9.17) is 9.15 Å². The van der Waals surface area contributed by atoms with E-state index in [1.165, 1.54) is 6.07 Å². The number of aryl methyl sites for hydroxylation is 2. The highest BCUT2D eigenvalue weighted by Crippen LogP contribution is 2.29. The van der Waals surface area contributed by atoms with Crippen molar-refractivity contribution in [3.8, 4) is 5.75 Å². The third kappa shape index (κ3) is 5.40. The zero-order valence-corrected chi connectivity index (χ0v) is 18.3. The Morgan fingerprint density at radius 3 is 2.53 bits per heavy atom. The van der Waals surface area contributed by atoms with Gasteiger partial charge in [-0.25, -0.2) is 9.59 Å². The van der Waals surface area contributed by atoms with Crippen molar-refractivity contribution in [2.45, 2.75) is 72.4 Å². The first-order valence-corrected chi connectivity index (χ1v) is 10.5. The first-order valence-electron chi connectivity index (χ1n) is 10.5. The standard InChI is InChI=1S/C23H31NO6/c1-6-8-9-16-12-19(25)30-21-14(4)18(11-10-17(16)21)29-15(5)22(26)24-20(23(27)28)13(3)7-2/h10-13,15,20H,6-9H2,1-5H3,(H,24,26)(H,27,28)/t13-,15-,20+/m0/s1. The molecule has 1 aromatic heterocycles. The number of fused-ring (bicyclic) bond motifs is 1. The number of unbranched alkanes of at least 4 members (excludes halogenated alkanes) is 1. The Balaban J connectivity index is 2.26. The predicted octanol–water partition coefficient (Wildman–Crippen LogP) is 3.83. The molecule has 0 aliphatic heterocycles. The molecule has 0 radical (unpaired) electrons. The van der Waals surface area contributed by atoms with Crippen LogP contribution in [0.1, 0.15) is 58.1 Å². The van der Waals surface area contributed by atoms with Crippen molar-refractivity contribution in [1.82, 2.24) is 5.32 Å². The molecular weight excluding hydrogens is 386 g/mol. The lowest BCUT2D eigenvalue weighted by Gasteiger charge is -2.23. The van der Waals surface area contributed by atoms with Crippen LogP contribution in [-0.2, 0) is 16.0 Å². The van der Waals surface area contributed by atoms with E-state index in [0.29, 0.717) is 23.3 Å². The number of carboxylic acid groups (broad SMARTS) is 1. The Labute approximate surface area is 176 Å². The zero-order valence-electron chi connectivity index (χ0n) is 18.3. The maximum atomic E-state index is 12.5. The molecule has 0 unspecified atom stereocenters. The number of ether oxygens (including phenoxy) is 1. The fourth-order valence-electron chi connectivity index (χ4n) is 3.31. The van der Waals surface area contributed by atoms with Crippen LogP contribution in [0.5, 0.6) is 5.75 Å². The van der Waals surface area contributed by atoms with Crippen LogP contribution >= 0.6 is 0 Å². The van der Waals surface area contributed by atoms with Gasteiger partial charge in [-0.15, -0.1) is 0 Å². The number of aliphatic carboxylic acids is 1. The van der Waals surface area contributed by atoms with E-state index in [2.05, 4.69) is 12.2 Å². The SMILES string of the molecule is CCCCc1cc(=O)oc2c(C)c(O[C@@H](C)C(=O)N[C@@H](C(=O)O)[C@@H](C)CC)ccc12. The molecule has 0 aliphatic rings. The molecule has 7 heteroatoms. The summed E-state index contributed by atoms with van der Waals surface area (Å²) < 4.78 is 11.2. The van der Waals surface area contributed by atoms with Crippen LogP contribution < -0.4 is 15.7 Å². The molecule has 2 aromatic rings. The van der Waals surface area contributed by atoms with Crippen LogP contribution in [0.3, 0.4) is 0 Å². The largest absolute Gasteiger partial charge is 0.480 e. The highest BCUT2D eigenvalue weighted by Gasteiger charge is 2.28. The summed E-state index contributed by atoms with van der Waals surface area (Å²) in [5.74, 6) is -1.39. The number of hydrogen-bond acceptors (Lipinski definition) is 5. The molecule has 0 saturated carbocycles. The van der Waals surface area contributed by atoms with Crippen LogP contribution in [0.4, 0.5) is 0 Å². The predicted molar refractivity (Wildman–Crippen MR) is 115 cm³/mol. The van der Waals surface area contributed by atoms with Crippen molar-refractivity contribution < 1.29 is 23.8 Å². The lowest BCUT2D eigenvalue weighted by atomic mass is 9.99. The molecule has 2 rings (SSSR count). The summed E-state index contributed by atoms with van der Waals surface area (Å²) in [5.41, 5.74) is 1.58. The van der Waals surface area contributed by atoms with Crippen molar-refractivity contribution >= 4 is 22.8 Å². The second kappa shape index (κ2) is 10.3. The van der Waals surface area contributed by atoms with Crippen LogP contribution in [0, 0.1) is 12.8 Å². The fraction of sp³-hybridized carbons (Fsp3) is 0.522. The van der Waals surface area contributed by atoms with Gasteiger partial charge in [-0.1, -0.05) is 33.6 Å². The second-order valence-corrected chi connectivity index (χ2v) is 7.73. The molecule has 0 fully saturated rings. The molecule has 1 amide bonds. The molecule has 164 valence electrons. The van der Waals surface area contributed by atoms with Crippen molar-refractivity contribution in [2.75, 3.05) is 0 Å². The van der Waals surface area contributed by atoms with Gasteiger partial charge in [0, 0.05) is 17.0 Å². The van der Waals surface area contributed by atoms with E-state index < -0.39 is 29.6 Å². The van der Waals surface area contributed by atoms with Crippen molar-refractivity contribution in [3.63, 3.8) is 0 Å². The Bertz CT molecular complexity index is 964. The molecule has 2 N–H and O–H groups in total. The highest BCUT2D eigenvalue weighted by atomic mass is 16.5. The quantitative estimate of drug-likeness (QED) is 0.569. The summed E-state index contributed by atoms with van der Waals surface area (Å²) in [5, 5.41) is 12.8. The number of rotatable bonds is 10. The summed E-state index contributed by atoms with van der Waals surface area (Å²) in [6.45, 7) is 9.06. The van der Waals surface area contributed by atoms with Gasteiger partial charge >= 0.3 is 11.6 Å². The van der Waals surface area contributed by atoms with Crippen LogP contribution in [-0.4, -0.2) is 29.1 Å². The fourth-order valence-corrected chi connectivity index (χ4v) is 3.31. The maximum absolute atomic E-state index is 12.5. The number of carbonyl (C=O) groups excluding carboxylic acids is 1. The summed E-state index contributed by atoms with van der Waals surface area (Å²) in [6.07, 6.45) is 2.47. The van der Waals surface area contributed by atoms with Gasteiger partial charge in [-0.2, -0.15) is 0 Å². The average Bonchev–Trinajstić information content (AvgIpc) is 2.71. The minimum absolute atomic E-state index is 0.211. The highest BCUT2D eigenvalue weighted by molar-refractivity contribution is 5.87. The van der Waals surface area contributed by atoms with Crippen LogP contribution in [0.15, 0.2) is 27.4 Å². The summed E-state index contributed by atoms with van der Waals surface area (Å²) >= 11 is 0. The molecular formula is C23H31NO6. The normalized spacial score (nSPS) is 14.2. The van der Waals surface area contributed by atoms with Gasteiger partial charge in [0.05, 0.1) is 0 Å². The number of carbonyl (C=O) groups is 2. The molecule has 1 aromatic carbocycles. The van der Waals surface area contributed by atoms with Crippen LogP contribution in [0.25, 0.3) is 11.0 Å². The number of benzene rings is 1. The van der Waals surface area contributed by atoms with Gasteiger partial charge < -0.3 is 19.6 Å². The molecule has 7 nitrogen and oxygen atoms in total. The minimum Gasteiger partial charge on any atom is -0.480 e. The third-order valence-corrected chi connectivity index (χ3v) is 5.45. The molecule has 1 heterocycles. The first kappa shape index (κ1) is 23.4. The molecule has 0 saturated heterocycles. The first-order chi connectivity index (χ1) is 14.2. The third-order valence-electron chi connectivity index (χ3n) is 5.45. The van der Waals surface area contributed by atoms with Gasteiger partial charge in [0.1, 0.15) is 17.4 Å². The van der Waals surface area contributed by atoms with E-state index in [1.54, 1.807) is 26.8 Å². The topological polar surface area (TPSA) is 106 Å². The van der Waals surface area contributed by atoms with Crippen molar-refractivity contribution in [1.29, 1.82) is 0 Å². The summed E-state index contributed by atoms with van der Waals surface area (Å²) in [6, 6.07) is 4.12. The monoisotopic (exact) mass is 417 g/mol. The molecule has 3 atom stereocenters. The minimum atomic E-state index is -1.08. The molecule has 0 spiro atoms. The Hall–Kier alpha value is -2.83. The van der Waals surface area contributed by atoms with Gasteiger partial charge in [0.25, 0.3) is 5.91 Å². The van der Waals surface area contributed by atoms with Gasteiger partial charge in [0.2, 0.25) is 0 Å². The lowest BCUT2D eigenvalue weighted by molar-refractivity contribution is -0.144. The lowest BCUT2D eigenvalue weighted by Crippen LogP contribution is -2.49. The number of carboxylic acids is 1. The Kier molecular flexibility index (Phi) is 8.03. The van der Waals surface area contributed by atoms with Crippen molar-refractivity contribution in [2.24, 2.45) is 5.92 Å². The van der Waals surface area contributed by atoms with E-state index >= 15 is 0 Å². The van der Waals surface area contributed by atoms with E-state index in [1.807, 2.05) is 13.0 Å². The molecule has 0 aliphatic carbocycles. The Morgan fingerprint density at radius 1 is 1.23 bits per heavy atom. The van der Waals surface area contributed by atoms with E-state index in [9.17, 15) is 19.5 Å². The zero-order chi connectivity index (χ0) is 22.4. The Morgan fingerprint density at radius 2 is 1.93 bits per heavy atom. The second-order valence-electron chi connectivity index (χ2n) is 7.73. The summed E-state index contributed by atoms with van der Waals surface area (Å²) in [4.78, 5) is 36.0. The van der Waals surface area contributed by atoms with E-state index in [-0.39, 0.29) is 5.92 Å². The smallest absolute Gasteiger partial charge is 0.336 e. The number of nitrogens with one attached hydrogen (secondary N) is 1.